The Hall–Kier alpha value is -1.60. The molecule has 1 aromatic rings. The Morgan fingerprint density at radius 3 is 2.76 bits per heavy atom. The molecule has 0 spiro atoms. The van der Waals surface area contributed by atoms with Gasteiger partial charge in [0, 0.05) is 26.4 Å². The Labute approximate surface area is 96.0 Å². The Kier molecular flexibility index (Phi) is 4.47. The van der Waals surface area contributed by atoms with Crippen molar-refractivity contribution in [3.63, 3.8) is 0 Å². The van der Waals surface area contributed by atoms with Gasteiger partial charge in [-0.2, -0.15) is 18.3 Å². The lowest BCUT2D eigenvalue weighted by atomic mass is 10.3. The molecule has 5 nitrogen and oxygen atoms in total. The van der Waals surface area contributed by atoms with Gasteiger partial charge in [0.25, 0.3) is 0 Å². The van der Waals surface area contributed by atoms with Crippen molar-refractivity contribution in [2.24, 2.45) is 7.05 Å². The van der Waals surface area contributed by atoms with Crippen LogP contribution in [0.25, 0.3) is 0 Å². The SMILES string of the molecule is Cn1ncnc1CCNC(=O)CCC(F)(F)F. The lowest BCUT2D eigenvalue weighted by molar-refractivity contribution is -0.144. The third-order valence-electron chi connectivity index (χ3n) is 2.11. The molecule has 1 heterocycles. The topological polar surface area (TPSA) is 59.8 Å². The molecule has 1 N–H and O–H groups in total. The van der Waals surface area contributed by atoms with E-state index in [4.69, 9.17) is 0 Å². The molecule has 0 unspecified atom stereocenters. The van der Waals surface area contributed by atoms with Crippen LogP contribution in [0.2, 0.25) is 0 Å². The molecule has 1 aromatic heterocycles. The van der Waals surface area contributed by atoms with Crippen molar-refractivity contribution < 1.29 is 18.0 Å². The number of amides is 1. The smallest absolute Gasteiger partial charge is 0.356 e. The van der Waals surface area contributed by atoms with Crippen LogP contribution in [0.5, 0.6) is 0 Å². The molecule has 0 aliphatic rings. The van der Waals surface area contributed by atoms with E-state index in [9.17, 15) is 18.0 Å². The normalized spacial score (nSPS) is 11.5. The molecule has 0 atom stereocenters. The highest BCUT2D eigenvalue weighted by Gasteiger charge is 2.27. The highest BCUT2D eigenvalue weighted by molar-refractivity contribution is 5.75. The fraction of sp³-hybridized carbons (Fsp3) is 0.667. The summed E-state index contributed by atoms with van der Waals surface area (Å²) in [6, 6.07) is 0. The number of nitrogens with one attached hydrogen (secondary N) is 1. The molecule has 0 saturated heterocycles. The van der Waals surface area contributed by atoms with E-state index in [-0.39, 0.29) is 6.54 Å². The highest BCUT2D eigenvalue weighted by atomic mass is 19.4. The van der Waals surface area contributed by atoms with Crippen LogP contribution < -0.4 is 5.32 Å². The minimum atomic E-state index is -4.29. The summed E-state index contributed by atoms with van der Waals surface area (Å²) in [5.74, 6) is 0.0608. The summed E-state index contributed by atoms with van der Waals surface area (Å²) in [6.07, 6.45) is -4.11. The second-order valence-electron chi connectivity index (χ2n) is 3.52. The monoisotopic (exact) mass is 250 g/mol. The van der Waals surface area contributed by atoms with Gasteiger partial charge in [0.2, 0.25) is 5.91 Å². The minimum absolute atomic E-state index is 0.253. The van der Waals surface area contributed by atoms with Gasteiger partial charge in [-0.15, -0.1) is 0 Å². The zero-order chi connectivity index (χ0) is 12.9. The van der Waals surface area contributed by atoms with Crippen molar-refractivity contribution in [3.05, 3.63) is 12.2 Å². The van der Waals surface area contributed by atoms with Crippen molar-refractivity contribution in [2.45, 2.75) is 25.4 Å². The molecule has 1 rings (SSSR count). The molecule has 0 fully saturated rings. The van der Waals surface area contributed by atoms with Gasteiger partial charge >= 0.3 is 6.18 Å². The molecule has 1 amide bonds. The van der Waals surface area contributed by atoms with Gasteiger partial charge in [-0.25, -0.2) is 4.98 Å². The molecule has 0 aliphatic heterocycles. The van der Waals surface area contributed by atoms with Gasteiger partial charge in [-0.1, -0.05) is 0 Å². The van der Waals surface area contributed by atoms with E-state index < -0.39 is 24.9 Å². The molecular formula is C9H13F3N4O. The van der Waals surface area contributed by atoms with E-state index in [0.717, 1.165) is 0 Å². The molecular weight excluding hydrogens is 237 g/mol. The number of carbonyl (C=O) groups excluding carboxylic acids is 1. The Balaban J connectivity index is 2.19. The summed E-state index contributed by atoms with van der Waals surface area (Å²) in [7, 11) is 1.70. The van der Waals surface area contributed by atoms with Crippen LogP contribution in [0.3, 0.4) is 0 Å². The molecule has 0 aliphatic carbocycles. The molecule has 0 saturated carbocycles. The molecule has 8 heteroatoms. The fourth-order valence-electron chi connectivity index (χ4n) is 1.20. The first-order valence-electron chi connectivity index (χ1n) is 5.05. The highest BCUT2D eigenvalue weighted by Crippen LogP contribution is 2.20. The van der Waals surface area contributed by atoms with Gasteiger partial charge in [0.05, 0.1) is 6.42 Å². The number of alkyl halides is 3. The molecule has 0 aromatic carbocycles. The van der Waals surface area contributed by atoms with E-state index in [1.807, 2.05) is 0 Å². The molecule has 96 valence electrons. The van der Waals surface area contributed by atoms with Gasteiger partial charge in [-0.3, -0.25) is 9.48 Å². The summed E-state index contributed by atoms with van der Waals surface area (Å²) in [6.45, 7) is 0.253. The predicted octanol–water partition coefficient (Wildman–Crippen LogP) is 0.816. The second kappa shape index (κ2) is 5.65. The van der Waals surface area contributed by atoms with E-state index in [1.165, 1.54) is 6.33 Å². The molecule has 0 radical (unpaired) electrons. The Morgan fingerprint density at radius 1 is 1.53 bits per heavy atom. The first-order valence-corrected chi connectivity index (χ1v) is 5.05. The number of aryl methyl sites for hydroxylation is 1. The van der Waals surface area contributed by atoms with Crippen molar-refractivity contribution in [1.29, 1.82) is 0 Å². The van der Waals surface area contributed by atoms with Gasteiger partial charge in [-0.05, 0) is 0 Å². The Bertz CT molecular complexity index is 375. The number of rotatable bonds is 5. The number of halogens is 3. The zero-order valence-electron chi connectivity index (χ0n) is 9.29. The maximum atomic E-state index is 11.8. The van der Waals surface area contributed by atoms with E-state index >= 15 is 0 Å². The Morgan fingerprint density at radius 2 is 2.24 bits per heavy atom. The van der Waals surface area contributed by atoms with Crippen LogP contribution >= 0.6 is 0 Å². The van der Waals surface area contributed by atoms with Crippen LogP contribution in [0.1, 0.15) is 18.7 Å². The minimum Gasteiger partial charge on any atom is -0.356 e. The number of nitrogens with zero attached hydrogens (tertiary/aromatic N) is 3. The number of hydrogen-bond acceptors (Lipinski definition) is 3. The summed E-state index contributed by atoms with van der Waals surface area (Å²) in [5, 5.41) is 6.23. The lowest BCUT2D eigenvalue weighted by Crippen LogP contribution is -2.27. The average Bonchev–Trinajstić information content (AvgIpc) is 2.61. The number of aromatic nitrogens is 3. The van der Waals surface area contributed by atoms with Gasteiger partial charge < -0.3 is 5.32 Å². The third-order valence-corrected chi connectivity index (χ3v) is 2.11. The van der Waals surface area contributed by atoms with E-state index in [2.05, 4.69) is 15.4 Å². The van der Waals surface area contributed by atoms with Crippen LogP contribution in [-0.2, 0) is 18.3 Å². The van der Waals surface area contributed by atoms with Crippen LogP contribution in [-0.4, -0.2) is 33.4 Å². The lowest BCUT2D eigenvalue weighted by Gasteiger charge is -2.07. The predicted molar refractivity (Wildman–Crippen MR) is 53.0 cm³/mol. The second-order valence-corrected chi connectivity index (χ2v) is 3.52. The van der Waals surface area contributed by atoms with Crippen LogP contribution in [0.15, 0.2) is 6.33 Å². The first kappa shape index (κ1) is 13.5. The number of carbonyl (C=O) groups is 1. The molecule has 17 heavy (non-hydrogen) atoms. The fourth-order valence-corrected chi connectivity index (χ4v) is 1.20. The largest absolute Gasteiger partial charge is 0.389 e. The van der Waals surface area contributed by atoms with Crippen molar-refractivity contribution in [3.8, 4) is 0 Å². The quantitative estimate of drug-likeness (QED) is 0.841. The van der Waals surface area contributed by atoms with Gasteiger partial charge in [0.1, 0.15) is 12.2 Å². The summed E-state index contributed by atoms with van der Waals surface area (Å²) >= 11 is 0. The van der Waals surface area contributed by atoms with Crippen LogP contribution in [0.4, 0.5) is 13.2 Å². The third kappa shape index (κ3) is 5.32. The molecule has 0 bridgehead atoms. The maximum absolute atomic E-state index is 11.8. The average molecular weight is 250 g/mol. The summed E-state index contributed by atoms with van der Waals surface area (Å²) in [5.41, 5.74) is 0. The standard InChI is InChI=1S/C9H13F3N4O/c1-16-7(14-6-15-16)3-5-13-8(17)2-4-9(10,11)12/h6H,2-5H2,1H3,(H,13,17). The summed E-state index contributed by atoms with van der Waals surface area (Å²) in [4.78, 5) is 15.0. The van der Waals surface area contributed by atoms with Crippen LogP contribution in [0, 0.1) is 0 Å². The first-order chi connectivity index (χ1) is 7.88. The van der Waals surface area contributed by atoms with E-state index in [1.54, 1.807) is 11.7 Å². The van der Waals surface area contributed by atoms with Crippen molar-refractivity contribution in [2.75, 3.05) is 6.54 Å². The van der Waals surface area contributed by atoms with E-state index in [0.29, 0.717) is 12.2 Å². The van der Waals surface area contributed by atoms with Crippen molar-refractivity contribution >= 4 is 5.91 Å². The van der Waals surface area contributed by atoms with Gasteiger partial charge in [0.15, 0.2) is 0 Å². The zero-order valence-corrected chi connectivity index (χ0v) is 9.29. The van der Waals surface area contributed by atoms with Crippen molar-refractivity contribution in [1.82, 2.24) is 20.1 Å². The number of hydrogen-bond donors (Lipinski definition) is 1. The summed E-state index contributed by atoms with van der Waals surface area (Å²) < 4.78 is 37.0. The maximum Gasteiger partial charge on any atom is 0.389 e.